The molecule has 16 heteroatoms. The summed E-state index contributed by atoms with van der Waals surface area (Å²) in [5.74, 6) is -1.62. The van der Waals surface area contributed by atoms with E-state index in [4.69, 9.17) is 28.4 Å². The van der Waals surface area contributed by atoms with E-state index in [0.717, 1.165) is 22.3 Å². The lowest BCUT2D eigenvalue weighted by molar-refractivity contribution is -0.162. The van der Waals surface area contributed by atoms with Crippen molar-refractivity contribution in [3.8, 4) is 0 Å². The van der Waals surface area contributed by atoms with Gasteiger partial charge >= 0.3 is 24.2 Å². The molecule has 0 aliphatic carbocycles. The molecule has 3 aliphatic heterocycles. The van der Waals surface area contributed by atoms with E-state index in [-0.39, 0.29) is 66.8 Å². The summed E-state index contributed by atoms with van der Waals surface area (Å²) in [6.45, 7) is 39.2. The molecule has 16 nitrogen and oxygen atoms in total. The Bertz CT molecular complexity index is 2690. The molecule has 0 aromatic heterocycles. The Morgan fingerprint density at radius 1 is 0.398 bits per heavy atom. The van der Waals surface area contributed by atoms with Crippen LogP contribution in [0.3, 0.4) is 0 Å². The first-order chi connectivity index (χ1) is 40.8. The number of nitrogens with zero attached hydrogens (tertiary/aromatic N) is 4. The summed E-state index contributed by atoms with van der Waals surface area (Å²) in [6, 6.07) is 24.1. The maximum atomic E-state index is 15.0. The average molecular weight is 1220 g/mol. The Kier molecular flexibility index (Phi) is 24.2. The highest BCUT2D eigenvalue weighted by atomic mass is 16.6. The fourth-order valence-corrected chi connectivity index (χ4v) is 11.9. The van der Waals surface area contributed by atoms with Gasteiger partial charge in [-0.25, -0.2) is 14.4 Å². The van der Waals surface area contributed by atoms with Gasteiger partial charge in [-0.15, -0.1) is 0 Å². The predicted molar refractivity (Wildman–Crippen MR) is 344 cm³/mol. The number of piperidine rings is 3. The number of ether oxygens (including phenoxy) is 6. The van der Waals surface area contributed by atoms with Gasteiger partial charge in [0.15, 0.2) is 11.6 Å². The number of hydrogen-bond acceptors (Lipinski definition) is 13. The molecule has 3 aromatic carbocycles. The highest BCUT2D eigenvalue weighted by Crippen LogP contribution is 2.35. The summed E-state index contributed by atoms with van der Waals surface area (Å²) >= 11 is 0. The monoisotopic (exact) mass is 1220 g/mol. The van der Waals surface area contributed by atoms with E-state index in [1.54, 1.807) is 14.7 Å². The topological polar surface area (TPSA) is 171 Å². The minimum absolute atomic E-state index is 0.00264. The summed E-state index contributed by atoms with van der Waals surface area (Å²) in [5.41, 5.74) is 1.58. The van der Waals surface area contributed by atoms with Crippen molar-refractivity contribution in [2.75, 3.05) is 52.5 Å². The van der Waals surface area contributed by atoms with Crippen LogP contribution in [0, 0.1) is 35.5 Å². The highest BCUT2D eigenvalue weighted by molar-refractivity contribution is 5.99. The third-order valence-corrected chi connectivity index (χ3v) is 16.1. The number of benzene rings is 3. The van der Waals surface area contributed by atoms with Gasteiger partial charge in [-0.3, -0.25) is 19.3 Å². The van der Waals surface area contributed by atoms with E-state index in [9.17, 15) is 28.8 Å². The van der Waals surface area contributed by atoms with Gasteiger partial charge in [-0.05, 0) is 222 Å². The van der Waals surface area contributed by atoms with E-state index in [2.05, 4.69) is 23.1 Å². The number of carbonyl (C=O) groups excluding carboxylic acids is 6. The van der Waals surface area contributed by atoms with Gasteiger partial charge in [0, 0.05) is 81.9 Å². The van der Waals surface area contributed by atoms with Crippen LogP contribution in [0.2, 0.25) is 0 Å². The first kappa shape index (κ1) is 71.2. The molecule has 3 amide bonds. The molecule has 0 bridgehead atoms. The van der Waals surface area contributed by atoms with Crippen LogP contribution in [0.5, 0.6) is 0 Å². The Morgan fingerprint density at radius 3 is 1.01 bits per heavy atom. The Labute approximate surface area is 527 Å². The summed E-state index contributed by atoms with van der Waals surface area (Å²) < 4.78 is 36.0. The third kappa shape index (κ3) is 23.5. The molecule has 3 saturated heterocycles. The maximum absolute atomic E-state index is 15.0. The van der Waals surface area contributed by atoms with Crippen LogP contribution in [0.15, 0.2) is 72.8 Å². The van der Waals surface area contributed by atoms with Crippen molar-refractivity contribution in [1.29, 1.82) is 0 Å². The molecular weight excluding hydrogens is 1110 g/mol. The smallest absolute Gasteiger partial charge is 0.410 e. The van der Waals surface area contributed by atoms with Crippen molar-refractivity contribution in [3.63, 3.8) is 0 Å². The number of hydrogen-bond donors (Lipinski definition) is 0. The minimum atomic E-state index is -0.691. The zero-order chi connectivity index (χ0) is 65.2. The van der Waals surface area contributed by atoms with Crippen molar-refractivity contribution >= 4 is 35.8 Å². The van der Waals surface area contributed by atoms with Crippen LogP contribution in [-0.4, -0.2) is 142 Å². The molecule has 88 heavy (non-hydrogen) atoms. The van der Waals surface area contributed by atoms with E-state index in [1.807, 2.05) is 179 Å². The van der Waals surface area contributed by atoms with Gasteiger partial charge in [0.25, 0.3) is 0 Å². The average Bonchev–Trinajstić information content (AvgIpc) is 1.41. The van der Waals surface area contributed by atoms with E-state index in [0.29, 0.717) is 115 Å². The van der Waals surface area contributed by atoms with Crippen molar-refractivity contribution in [3.05, 3.63) is 106 Å². The predicted octanol–water partition coefficient (Wildman–Crippen LogP) is 14.6. The minimum Gasteiger partial charge on any atom is -0.460 e. The molecule has 6 rings (SSSR count). The SMILES string of the molecule is CC(C)(C)OC[C@@H](C(=O)c1cccc(CN(Cc2cccc(C[C@H](C(=O)OC(C)(C)C)C3CCN(C(=O)OC(C)(C)C)CC3)c2)Cc2cccc(C(=O)[C@H](COC(C)(C)C)C3CCN(C(=O)OC(C)(C)C)CC3)c2)c1)C1CCN(C(=O)OC(C)(C)C)CC1. The molecule has 488 valence electrons. The molecule has 3 aliphatic rings. The summed E-state index contributed by atoms with van der Waals surface area (Å²) in [6.07, 6.45) is 3.25. The van der Waals surface area contributed by atoms with Crippen molar-refractivity contribution < 1.29 is 57.2 Å². The molecule has 3 aromatic rings. The van der Waals surface area contributed by atoms with Gasteiger partial charge < -0.3 is 43.1 Å². The lowest BCUT2D eigenvalue weighted by Gasteiger charge is -2.37. The van der Waals surface area contributed by atoms with Gasteiger partial charge in [0.05, 0.1) is 30.3 Å². The van der Waals surface area contributed by atoms with Crippen molar-refractivity contribution in [2.45, 2.75) is 223 Å². The zero-order valence-electron chi connectivity index (χ0n) is 56.8. The zero-order valence-corrected chi connectivity index (χ0v) is 56.8. The van der Waals surface area contributed by atoms with Crippen molar-refractivity contribution in [1.82, 2.24) is 19.6 Å². The quantitative estimate of drug-likeness (QED) is 0.0595. The van der Waals surface area contributed by atoms with E-state index >= 15 is 0 Å². The first-order valence-corrected chi connectivity index (χ1v) is 32.3. The third-order valence-electron chi connectivity index (χ3n) is 16.1. The number of carbonyl (C=O) groups is 6. The van der Waals surface area contributed by atoms with Gasteiger partial charge in [0.2, 0.25) is 0 Å². The second-order valence-electron chi connectivity index (χ2n) is 30.9. The van der Waals surface area contributed by atoms with Gasteiger partial charge in [-0.2, -0.15) is 0 Å². The molecular formula is C72H108N4O12. The fraction of sp³-hybridized carbons (Fsp3) is 0.667. The lowest BCUT2D eigenvalue weighted by atomic mass is 9.80. The van der Waals surface area contributed by atoms with E-state index in [1.165, 1.54) is 0 Å². The molecule has 3 heterocycles. The number of likely N-dealkylation sites (tertiary alicyclic amines) is 3. The standard InChI is InChI=1S/C72H108N4O12/c1-67(2,3)83-47-59(54-30-36-75(37-31-54)65(81)87-71(13,14)15)61(77)56-26-20-24-51(41-56)45-73(44-50-23-19-22-49(40-50)43-58(63(79)85-69(7,8)9)53-28-34-74(35-29-53)64(80)86-70(10,11)12)46-52-25-21-27-57(42-52)62(78)60(48-84-68(4,5)6)55-32-38-76(39-33-55)66(82)88-72(16,17)18/h19-27,40-42,53-55,58-60H,28-39,43-48H2,1-18H3/t58-,59+,60+/m0/s1. The highest BCUT2D eigenvalue weighted by Gasteiger charge is 2.40. The lowest BCUT2D eigenvalue weighted by Crippen LogP contribution is -2.44. The number of amides is 3. The summed E-state index contributed by atoms with van der Waals surface area (Å²) in [7, 11) is 0. The number of ketones is 2. The Balaban J connectivity index is 1.30. The van der Waals surface area contributed by atoms with Crippen LogP contribution in [-0.2, 0) is 59.3 Å². The van der Waals surface area contributed by atoms with Crippen LogP contribution in [0.25, 0.3) is 0 Å². The second kappa shape index (κ2) is 29.9. The Hall–Kier alpha value is -5.84. The molecule has 0 radical (unpaired) electrons. The molecule has 0 saturated carbocycles. The number of Topliss-reactive ketones (excluding diaryl/α,β-unsaturated/α-hetero) is 2. The summed E-state index contributed by atoms with van der Waals surface area (Å²) in [4.78, 5) is 91.0. The molecule has 3 atom stereocenters. The van der Waals surface area contributed by atoms with Crippen LogP contribution >= 0.6 is 0 Å². The maximum Gasteiger partial charge on any atom is 0.410 e. The number of esters is 1. The van der Waals surface area contributed by atoms with E-state index < -0.39 is 51.4 Å². The Morgan fingerprint density at radius 2 is 0.693 bits per heavy atom. The van der Waals surface area contributed by atoms with Gasteiger partial charge in [-0.1, -0.05) is 60.7 Å². The van der Waals surface area contributed by atoms with Crippen LogP contribution in [0.4, 0.5) is 14.4 Å². The van der Waals surface area contributed by atoms with Crippen molar-refractivity contribution in [2.24, 2.45) is 35.5 Å². The van der Waals surface area contributed by atoms with Crippen LogP contribution in [0.1, 0.15) is 206 Å². The normalized spacial score (nSPS) is 17.5. The van der Waals surface area contributed by atoms with Crippen LogP contribution < -0.4 is 0 Å². The van der Waals surface area contributed by atoms with Gasteiger partial charge in [0.1, 0.15) is 22.4 Å². The molecule has 0 unspecified atom stereocenters. The molecule has 3 fully saturated rings. The molecule has 0 spiro atoms. The largest absolute Gasteiger partial charge is 0.460 e. The summed E-state index contributed by atoms with van der Waals surface area (Å²) in [5, 5.41) is 0. The number of rotatable bonds is 20. The second-order valence-corrected chi connectivity index (χ2v) is 30.9. The fourth-order valence-electron chi connectivity index (χ4n) is 11.9. The molecule has 0 N–H and O–H groups in total. The first-order valence-electron chi connectivity index (χ1n) is 32.3.